The van der Waals surface area contributed by atoms with Crippen molar-refractivity contribution >= 4 is 17.9 Å². The standard InChI is InChI=1S/C21H20N2O3/c1-23-14-18(19(24)13-8-15-6-4-3-5-7-15)20(22-21(23)25)16-9-11-17(26-2)12-10-16/h3-14,20H,1-2H3,(H,22,25)/b13-8+/t20-/m0/s1. The summed E-state index contributed by atoms with van der Waals surface area (Å²) in [5, 5.41) is 2.87. The molecule has 2 aromatic rings. The second-order valence-electron chi connectivity index (χ2n) is 5.96. The van der Waals surface area contributed by atoms with Gasteiger partial charge in [0.25, 0.3) is 0 Å². The molecule has 5 heteroatoms. The molecule has 0 spiro atoms. The third kappa shape index (κ3) is 3.83. The first-order chi connectivity index (χ1) is 12.6. The zero-order chi connectivity index (χ0) is 18.5. The quantitative estimate of drug-likeness (QED) is 0.841. The molecule has 1 atom stereocenters. The minimum atomic E-state index is -0.502. The number of hydrogen-bond acceptors (Lipinski definition) is 3. The largest absolute Gasteiger partial charge is 0.497 e. The average molecular weight is 348 g/mol. The Bertz CT molecular complexity index is 855. The summed E-state index contributed by atoms with van der Waals surface area (Å²) < 4.78 is 5.17. The van der Waals surface area contributed by atoms with E-state index in [9.17, 15) is 9.59 Å². The van der Waals surface area contributed by atoms with Crippen molar-refractivity contribution in [2.45, 2.75) is 6.04 Å². The summed E-state index contributed by atoms with van der Waals surface area (Å²) in [5.74, 6) is 0.565. The van der Waals surface area contributed by atoms with Crippen LogP contribution < -0.4 is 10.1 Å². The first kappa shape index (κ1) is 17.5. The number of methoxy groups -OCH3 is 1. The van der Waals surface area contributed by atoms with Gasteiger partial charge in [0.2, 0.25) is 0 Å². The smallest absolute Gasteiger partial charge is 0.321 e. The number of nitrogens with one attached hydrogen (secondary N) is 1. The van der Waals surface area contributed by atoms with Crippen molar-refractivity contribution in [2.24, 2.45) is 0 Å². The van der Waals surface area contributed by atoms with Crippen molar-refractivity contribution in [3.05, 3.63) is 83.6 Å². The second-order valence-corrected chi connectivity index (χ2v) is 5.96. The van der Waals surface area contributed by atoms with Gasteiger partial charge in [-0.25, -0.2) is 4.79 Å². The maximum atomic E-state index is 12.8. The zero-order valence-electron chi connectivity index (χ0n) is 14.7. The summed E-state index contributed by atoms with van der Waals surface area (Å²) in [6.07, 6.45) is 4.89. The number of carbonyl (C=O) groups excluding carboxylic acids is 2. The van der Waals surface area contributed by atoms with Gasteiger partial charge in [0.15, 0.2) is 5.78 Å². The monoisotopic (exact) mass is 348 g/mol. The fourth-order valence-electron chi connectivity index (χ4n) is 2.74. The van der Waals surface area contributed by atoms with Crippen LogP contribution in [0, 0.1) is 0 Å². The van der Waals surface area contributed by atoms with E-state index in [0.29, 0.717) is 11.3 Å². The van der Waals surface area contributed by atoms with Crippen molar-refractivity contribution in [1.29, 1.82) is 0 Å². The molecule has 0 bridgehead atoms. The normalized spacial score (nSPS) is 17.0. The highest BCUT2D eigenvalue weighted by atomic mass is 16.5. The predicted octanol–water partition coefficient (Wildman–Crippen LogP) is 3.56. The number of nitrogens with zero attached hydrogens (tertiary/aromatic N) is 1. The minimum absolute atomic E-state index is 0.151. The molecule has 0 aromatic heterocycles. The molecular formula is C21H20N2O3. The number of carbonyl (C=O) groups is 2. The molecule has 0 saturated heterocycles. The molecule has 2 aromatic carbocycles. The number of rotatable bonds is 5. The molecule has 0 saturated carbocycles. The van der Waals surface area contributed by atoms with Crippen LogP contribution in [0.15, 0.2) is 72.4 Å². The highest BCUT2D eigenvalue weighted by Crippen LogP contribution is 2.28. The second kappa shape index (κ2) is 7.70. The van der Waals surface area contributed by atoms with Gasteiger partial charge in [-0.3, -0.25) is 4.79 Å². The minimum Gasteiger partial charge on any atom is -0.497 e. The zero-order valence-corrected chi connectivity index (χ0v) is 14.7. The van der Waals surface area contributed by atoms with E-state index >= 15 is 0 Å². The molecular weight excluding hydrogens is 328 g/mol. The van der Waals surface area contributed by atoms with Crippen molar-refractivity contribution < 1.29 is 14.3 Å². The van der Waals surface area contributed by atoms with Crippen LogP contribution in [0.3, 0.4) is 0 Å². The van der Waals surface area contributed by atoms with Crippen LogP contribution in [0.1, 0.15) is 17.2 Å². The Balaban J connectivity index is 1.89. The highest BCUT2D eigenvalue weighted by Gasteiger charge is 2.29. The van der Waals surface area contributed by atoms with Crippen LogP contribution in [0.5, 0.6) is 5.75 Å². The van der Waals surface area contributed by atoms with Gasteiger partial charge in [0, 0.05) is 18.8 Å². The van der Waals surface area contributed by atoms with Gasteiger partial charge in [0.1, 0.15) is 5.75 Å². The van der Waals surface area contributed by atoms with Crippen LogP contribution in [0.2, 0.25) is 0 Å². The van der Waals surface area contributed by atoms with Gasteiger partial charge in [0.05, 0.1) is 13.2 Å². The molecule has 3 rings (SSSR count). The number of allylic oxidation sites excluding steroid dienone is 1. The summed E-state index contributed by atoms with van der Waals surface area (Å²) in [5.41, 5.74) is 2.26. The molecule has 0 fully saturated rings. The molecule has 1 heterocycles. The van der Waals surface area contributed by atoms with Crippen LogP contribution >= 0.6 is 0 Å². The lowest BCUT2D eigenvalue weighted by Crippen LogP contribution is -2.43. The van der Waals surface area contributed by atoms with Crippen molar-refractivity contribution in [2.75, 3.05) is 14.2 Å². The van der Waals surface area contributed by atoms with E-state index in [1.54, 1.807) is 26.4 Å². The number of urea groups is 1. The Labute approximate surface area is 152 Å². The van der Waals surface area contributed by atoms with Crippen LogP contribution in [-0.4, -0.2) is 30.9 Å². The molecule has 0 radical (unpaired) electrons. The van der Waals surface area contributed by atoms with E-state index in [-0.39, 0.29) is 11.8 Å². The summed E-state index contributed by atoms with van der Waals surface area (Å²) >= 11 is 0. The molecule has 0 unspecified atom stereocenters. The predicted molar refractivity (Wildman–Crippen MR) is 101 cm³/mol. The molecule has 132 valence electrons. The van der Waals surface area contributed by atoms with Crippen LogP contribution in [0.25, 0.3) is 6.08 Å². The van der Waals surface area contributed by atoms with E-state index in [0.717, 1.165) is 11.1 Å². The Morgan fingerprint density at radius 3 is 2.46 bits per heavy atom. The van der Waals surface area contributed by atoms with Crippen molar-refractivity contribution in [3.63, 3.8) is 0 Å². The molecule has 26 heavy (non-hydrogen) atoms. The van der Waals surface area contributed by atoms with Gasteiger partial charge < -0.3 is 15.0 Å². The highest BCUT2D eigenvalue weighted by molar-refractivity contribution is 6.08. The average Bonchev–Trinajstić information content (AvgIpc) is 2.68. The first-order valence-corrected chi connectivity index (χ1v) is 8.25. The molecule has 5 nitrogen and oxygen atoms in total. The van der Waals surface area contributed by atoms with Crippen LogP contribution in [-0.2, 0) is 4.79 Å². The van der Waals surface area contributed by atoms with E-state index in [1.165, 1.54) is 11.0 Å². The number of ketones is 1. The Hall–Kier alpha value is -3.34. The lowest BCUT2D eigenvalue weighted by atomic mass is 9.94. The third-order valence-corrected chi connectivity index (χ3v) is 4.19. The lowest BCUT2D eigenvalue weighted by molar-refractivity contribution is -0.111. The Kier molecular flexibility index (Phi) is 5.17. The maximum absolute atomic E-state index is 12.8. The Morgan fingerprint density at radius 2 is 1.81 bits per heavy atom. The molecule has 2 amide bonds. The fourth-order valence-corrected chi connectivity index (χ4v) is 2.74. The number of hydrogen-bond donors (Lipinski definition) is 1. The Morgan fingerprint density at radius 1 is 1.12 bits per heavy atom. The van der Waals surface area contributed by atoms with Crippen molar-refractivity contribution in [1.82, 2.24) is 10.2 Å². The summed E-state index contributed by atoms with van der Waals surface area (Å²) in [7, 11) is 3.21. The third-order valence-electron chi connectivity index (χ3n) is 4.19. The van der Waals surface area contributed by atoms with E-state index < -0.39 is 6.04 Å². The number of amides is 2. The number of ether oxygens (including phenoxy) is 1. The lowest BCUT2D eigenvalue weighted by Gasteiger charge is -2.29. The van der Waals surface area contributed by atoms with Crippen molar-refractivity contribution in [3.8, 4) is 5.75 Å². The molecule has 1 aliphatic heterocycles. The summed E-state index contributed by atoms with van der Waals surface area (Å²) in [4.78, 5) is 26.2. The van der Waals surface area contributed by atoms with Gasteiger partial charge >= 0.3 is 6.03 Å². The van der Waals surface area contributed by atoms with E-state index in [4.69, 9.17) is 4.74 Å². The van der Waals surface area contributed by atoms with Gasteiger partial charge in [-0.1, -0.05) is 48.5 Å². The van der Waals surface area contributed by atoms with Gasteiger partial charge in [-0.05, 0) is 29.3 Å². The van der Waals surface area contributed by atoms with Gasteiger partial charge in [-0.15, -0.1) is 0 Å². The summed E-state index contributed by atoms with van der Waals surface area (Å²) in [6, 6.07) is 16.1. The maximum Gasteiger partial charge on any atom is 0.321 e. The number of benzene rings is 2. The van der Waals surface area contributed by atoms with Gasteiger partial charge in [-0.2, -0.15) is 0 Å². The fraction of sp³-hybridized carbons (Fsp3) is 0.143. The molecule has 0 aliphatic carbocycles. The summed E-state index contributed by atoms with van der Waals surface area (Å²) in [6.45, 7) is 0. The van der Waals surface area contributed by atoms with Crippen LogP contribution in [0.4, 0.5) is 4.79 Å². The molecule has 1 N–H and O–H groups in total. The SMILES string of the molecule is COc1ccc([C@@H]2NC(=O)N(C)C=C2C(=O)/C=C/c2ccccc2)cc1. The van der Waals surface area contributed by atoms with E-state index in [1.807, 2.05) is 54.6 Å². The first-order valence-electron chi connectivity index (χ1n) is 8.25. The molecule has 1 aliphatic rings. The van der Waals surface area contributed by atoms with E-state index in [2.05, 4.69) is 5.32 Å². The topological polar surface area (TPSA) is 58.6 Å².